The van der Waals surface area contributed by atoms with Crippen LogP contribution in [0.25, 0.3) is 0 Å². The second kappa shape index (κ2) is 9.46. The summed E-state index contributed by atoms with van der Waals surface area (Å²) in [7, 11) is 2.15. The van der Waals surface area contributed by atoms with E-state index in [0.717, 1.165) is 48.8 Å². The molecule has 1 aliphatic rings. The molecule has 0 bridgehead atoms. The van der Waals surface area contributed by atoms with Crippen LogP contribution >= 0.6 is 0 Å². The zero-order valence-corrected chi connectivity index (χ0v) is 16.1. The molecule has 0 radical (unpaired) electrons. The standard InChI is InChI=1S/C21H31N3O2/c1-5-20(21(9-10-22)16(2)25)17(3)26-19-8-6-7-18(15-19)24-13-11-23(4)12-14-24/h6-10,15-16,25H,3,5,11-14,22H2,1-2,4H3/b10-9-,21-20+. The highest BCUT2D eigenvalue weighted by atomic mass is 16.5. The number of likely N-dealkylation sites (N-methyl/N-ethyl adjacent to an activating group) is 1. The van der Waals surface area contributed by atoms with Crippen LogP contribution in [-0.2, 0) is 0 Å². The van der Waals surface area contributed by atoms with Gasteiger partial charge in [-0.2, -0.15) is 0 Å². The van der Waals surface area contributed by atoms with Gasteiger partial charge in [-0.15, -0.1) is 0 Å². The van der Waals surface area contributed by atoms with E-state index in [1.54, 1.807) is 13.0 Å². The molecule has 1 unspecified atom stereocenters. The number of aliphatic hydroxyl groups is 1. The Kier molecular flexibility index (Phi) is 7.30. The van der Waals surface area contributed by atoms with Crippen molar-refractivity contribution in [2.24, 2.45) is 5.73 Å². The first-order chi connectivity index (χ1) is 12.5. The molecule has 26 heavy (non-hydrogen) atoms. The number of ether oxygens (including phenoxy) is 1. The molecule has 0 aromatic heterocycles. The van der Waals surface area contributed by atoms with Gasteiger partial charge >= 0.3 is 0 Å². The van der Waals surface area contributed by atoms with Crippen LogP contribution in [0.2, 0.25) is 0 Å². The number of piperazine rings is 1. The summed E-state index contributed by atoms with van der Waals surface area (Å²) in [5.41, 5.74) is 8.27. The van der Waals surface area contributed by atoms with Crippen LogP contribution in [0.3, 0.4) is 0 Å². The van der Waals surface area contributed by atoms with Crippen molar-refractivity contribution >= 4 is 5.69 Å². The van der Waals surface area contributed by atoms with Crippen molar-refractivity contribution in [3.05, 3.63) is 60.0 Å². The van der Waals surface area contributed by atoms with Gasteiger partial charge in [0.2, 0.25) is 0 Å². The normalized spacial score (nSPS) is 17.9. The molecule has 5 nitrogen and oxygen atoms in total. The third kappa shape index (κ3) is 5.13. The van der Waals surface area contributed by atoms with Gasteiger partial charge in [0, 0.05) is 37.9 Å². The lowest BCUT2D eigenvalue weighted by Gasteiger charge is -2.34. The van der Waals surface area contributed by atoms with E-state index < -0.39 is 6.10 Å². The number of anilines is 1. The maximum Gasteiger partial charge on any atom is 0.129 e. The Morgan fingerprint density at radius 2 is 2.04 bits per heavy atom. The second-order valence-electron chi connectivity index (χ2n) is 6.64. The summed E-state index contributed by atoms with van der Waals surface area (Å²) in [4.78, 5) is 4.70. The van der Waals surface area contributed by atoms with Crippen molar-refractivity contribution < 1.29 is 9.84 Å². The molecule has 142 valence electrons. The lowest BCUT2D eigenvalue weighted by molar-refractivity contribution is 0.233. The van der Waals surface area contributed by atoms with E-state index in [4.69, 9.17) is 10.5 Å². The summed E-state index contributed by atoms with van der Waals surface area (Å²) < 4.78 is 6.02. The second-order valence-corrected chi connectivity index (χ2v) is 6.64. The van der Waals surface area contributed by atoms with Crippen molar-refractivity contribution in [1.82, 2.24) is 4.90 Å². The molecule has 1 aromatic rings. The number of hydrogen-bond acceptors (Lipinski definition) is 5. The topological polar surface area (TPSA) is 62.0 Å². The molecule has 0 saturated carbocycles. The fourth-order valence-electron chi connectivity index (χ4n) is 3.17. The molecule has 0 spiro atoms. The average molecular weight is 357 g/mol. The summed E-state index contributed by atoms with van der Waals surface area (Å²) in [6.45, 7) is 11.9. The van der Waals surface area contributed by atoms with Crippen molar-refractivity contribution in [2.75, 3.05) is 38.1 Å². The maximum absolute atomic E-state index is 10.0. The Morgan fingerprint density at radius 1 is 1.35 bits per heavy atom. The number of nitrogens with zero attached hydrogens (tertiary/aromatic N) is 2. The highest BCUT2D eigenvalue weighted by Crippen LogP contribution is 2.27. The van der Waals surface area contributed by atoms with Crippen LogP contribution < -0.4 is 15.4 Å². The average Bonchev–Trinajstić information content (AvgIpc) is 2.62. The van der Waals surface area contributed by atoms with Crippen molar-refractivity contribution in [3.63, 3.8) is 0 Å². The van der Waals surface area contributed by atoms with Crippen molar-refractivity contribution in [2.45, 2.75) is 26.4 Å². The van der Waals surface area contributed by atoms with Gasteiger partial charge in [0.05, 0.1) is 6.10 Å². The fourth-order valence-corrected chi connectivity index (χ4v) is 3.17. The summed E-state index contributed by atoms with van der Waals surface area (Å²) in [5.74, 6) is 1.29. The van der Waals surface area contributed by atoms with Crippen LogP contribution in [0.15, 0.2) is 60.0 Å². The first-order valence-corrected chi connectivity index (χ1v) is 9.16. The van der Waals surface area contributed by atoms with Gasteiger partial charge in [0.15, 0.2) is 0 Å². The summed E-state index contributed by atoms with van der Waals surface area (Å²) in [5, 5.41) is 10.0. The Labute approximate surface area is 157 Å². The van der Waals surface area contributed by atoms with Gasteiger partial charge in [-0.05, 0) is 55.9 Å². The van der Waals surface area contributed by atoms with E-state index in [9.17, 15) is 5.11 Å². The molecular weight excluding hydrogens is 326 g/mol. The van der Waals surface area contributed by atoms with Gasteiger partial charge in [-0.3, -0.25) is 0 Å². The van der Waals surface area contributed by atoms with Crippen LogP contribution in [0.4, 0.5) is 5.69 Å². The van der Waals surface area contributed by atoms with Gasteiger partial charge in [-0.1, -0.05) is 19.6 Å². The van der Waals surface area contributed by atoms with Gasteiger partial charge in [0.1, 0.15) is 11.5 Å². The van der Waals surface area contributed by atoms with E-state index in [-0.39, 0.29) is 0 Å². The number of allylic oxidation sites excluding steroid dienone is 1. The van der Waals surface area contributed by atoms with Gasteiger partial charge in [-0.25, -0.2) is 0 Å². The monoisotopic (exact) mass is 357 g/mol. The number of nitrogens with two attached hydrogens (primary N) is 1. The first kappa shape index (κ1) is 20.1. The van der Waals surface area contributed by atoms with Crippen molar-refractivity contribution in [3.8, 4) is 5.75 Å². The Bertz CT molecular complexity index is 672. The fraction of sp³-hybridized carbons (Fsp3) is 0.429. The SMILES string of the molecule is C=C(Oc1cccc(N2CCN(C)CC2)c1)/C(CC)=C(\C=C/N)C(C)O. The predicted molar refractivity (Wildman–Crippen MR) is 108 cm³/mol. The third-order valence-corrected chi connectivity index (χ3v) is 4.69. The lowest BCUT2D eigenvalue weighted by Crippen LogP contribution is -2.44. The molecule has 5 heteroatoms. The quantitative estimate of drug-likeness (QED) is 0.580. The highest BCUT2D eigenvalue weighted by molar-refractivity contribution is 5.52. The highest BCUT2D eigenvalue weighted by Gasteiger charge is 2.16. The molecule has 0 aliphatic carbocycles. The number of benzene rings is 1. The molecular formula is C21H31N3O2. The Balaban J connectivity index is 2.18. The number of rotatable bonds is 7. The minimum absolute atomic E-state index is 0.539. The van der Waals surface area contributed by atoms with Crippen LogP contribution in [0.5, 0.6) is 5.75 Å². The molecule has 1 heterocycles. The summed E-state index contributed by atoms with van der Waals surface area (Å²) in [6, 6.07) is 8.08. The lowest BCUT2D eigenvalue weighted by atomic mass is 10.00. The predicted octanol–water partition coefficient (Wildman–Crippen LogP) is 2.89. The largest absolute Gasteiger partial charge is 0.458 e. The maximum atomic E-state index is 10.0. The first-order valence-electron chi connectivity index (χ1n) is 9.16. The van der Waals surface area contributed by atoms with E-state index in [2.05, 4.69) is 29.5 Å². The minimum atomic E-state index is -0.637. The van der Waals surface area contributed by atoms with E-state index in [0.29, 0.717) is 12.2 Å². The zero-order chi connectivity index (χ0) is 19.1. The molecule has 1 aliphatic heterocycles. The van der Waals surface area contributed by atoms with Gasteiger partial charge < -0.3 is 25.4 Å². The van der Waals surface area contributed by atoms with E-state index >= 15 is 0 Å². The van der Waals surface area contributed by atoms with E-state index in [1.807, 2.05) is 25.1 Å². The Hall–Kier alpha value is -2.24. The van der Waals surface area contributed by atoms with Crippen molar-refractivity contribution in [1.29, 1.82) is 0 Å². The minimum Gasteiger partial charge on any atom is -0.458 e. The molecule has 1 saturated heterocycles. The number of aliphatic hydroxyl groups excluding tert-OH is 1. The summed E-state index contributed by atoms with van der Waals surface area (Å²) >= 11 is 0. The van der Waals surface area contributed by atoms with Gasteiger partial charge in [0.25, 0.3) is 0 Å². The number of hydrogen-bond donors (Lipinski definition) is 2. The smallest absolute Gasteiger partial charge is 0.129 e. The Morgan fingerprint density at radius 3 is 2.62 bits per heavy atom. The molecule has 1 fully saturated rings. The van der Waals surface area contributed by atoms with Crippen LogP contribution in [0, 0.1) is 0 Å². The van der Waals surface area contributed by atoms with E-state index in [1.165, 1.54) is 6.20 Å². The third-order valence-electron chi connectivity index (χ3n) is 4.69. The van der Waals surface area contributed by atoms with Crippen LogP contribution in [0.1, 0.15) is 20.3 Å². The molecule has 0 amide bonds. The molecule has 2 rings (SSSR count). The van der Waals surface area contributed by atoms with Crippen LogP contribution in [-0.4, -0.2) is 49.3 Å². The summed E-state index contributed by atoms with van der Waals surface area (Å²) in [6.07, 6.45) is 3.20. The molecule has 1 aromatic carbocycles. The molecule has 3 N–H and O–H groups in total. The zero-order valence-electron chi connectivity index (χ0n) is 16.1. The molecule has 1 atom stereocenters.